The van der Waals surface area contributed by atoms with Crippen molar-refractivity contribution in [1.82, 2.24) is 0 Å². The number of carbonyl (C=O) groups is 1. The second-order valence-corrected chi connectivity index (χ2v) is 14.2. The Balaban J connectivity index is 1.47. The van der Waals surface area contributed by atoms with Gasteiger partial charge in [-0.3, -0.25) is 4.79 Å². The number of halogens is 1. The van der Waals surface area contributed by atoms with Gasteiger partial charge in [0.25, 0.3) is 0 Å². The number of fused-ring (bicyclic) bond motifs is 4. The number of benzene rings is 2. The van der Waals surface area contributed by atoms with E-state index in [1.807, 2.05) is 66.7 Å². The summed E-state index contributed by atoms with van der Waals surface area (Å²) in [6.07, 6.45) is 6.68. The predicted molar refractivity (Wildman–Crippen MR) is 167 cm³/mol. The Hall–Kier alpha value is -3.02. The molecule has 0 spiro atoms. The van der Waals surface area contributed by atoms with Gasteiger partial charge < -0.3 is 18.9 Å². The van der Waals surface area contributed by atoms with Crippen LogP contribution in [0, 0.1) is 22.7 Å². The van der Waals surface area contributed by atoms with Gasteiger partial charge in [0.1, 0.15) is 35.6 Å². The number of allylic oxidation sites excluding steroid dienone is 1. The first-order valence-electron chi connectivity index (χ1n) is 15.6. The van der Waals surface area contributed by atoms with E-state index in [9.17, 15) is 4.79 Å². The monoisotopic (exact) mass is 602 g/mol. The Labute approximate surface area is 260 Å². The van der Waals surface area contributed by atoms with E-state index < -0.39 is 11.7 Å². The van der Waals surface area contributed by atoms with E-state index in [4.69, 9.17) is 30.5 Å². The average Bonchev–Trinajstić information content (AvgIpc) is 2.95. The maximum atomic E-state index is 12.7. The van der Waals surface area contributed by atoms with Gasteiger partial charge in [-0.2, -0.15) is 0 Å². The van der Waals surface area contributed by atoms with Crippen molar-refractivity contribution >= 4 is 17.6 Å². The Kier molecular flexibility index (Phi) is 8.02. The highest BCUT2D eigenvalue weighted by molar-refractivity contribution is 6.33. The lowest BCUT2D eigenvalue weighted by Crippen LogP contribution is -2.60. The smallest absolute Gasteiger partial charge is 0.307 e. The molecular formula is C37H43ClO5. The van der Waals surface area contributed by atoms with E-state index in [-0.39, 0.29) is 22.7 Å². The fourth-order valence-corrected chi connectivity index (χ4v) is 8.93. The van der Waals surface area contributed by atoms with Crippen LogP contribution in [0.5, 0.6) is 0 Å². The topological polar surface area (TPSA) is 54.0 Å². The molecule has 1 heterocycles. The molecule has 0 saturated heterocycles. The van der Waals surface area contributed by atoms with Crippen molar-refractivity contribution in [2.45, 2.75) is 91.6 Å². The molecule has 228 valence electrons. The third-order valence-corrected chi connectivity index (χ3v) is 10.7. The van der Waals surface area contributed by atoms with Crippen LogP contribution in [0.15, 0.2) is 94.6 Å². The van der Waals surface area contributed by atoms with Gasteiger partial charge in [0, 0.05) is 6.92 Å². The van der Waals surface area contributed by atoms with E-state index in [2.05, 4.69) is 27.7 Å². The number of hydrogen-bond acceptors (Lipinski definition) is 5. The zero-order valence-corrected chi connectivity index (χ0v) is 26.7. The first kappa shape index (κ1) is 30.0. The number of carbonyl (C=O) groups excluding carboxylic acids is 1. The van der Waals surface area contributed by atoms with Crippen LogP contribution in [-0.4, -0.2) is 17.7 Å². The molecule has 2 saturated carbocycles. The third-order valence-electron chi connectivity index (χ3n) is 10.3. The predicted octanol–water partition coefficient (Wildman–Crippen LogP) is 8.99. The summed E-state index contributed by atoms with van der Waals surface area (Å²) in [4.78, 5) is 12.7. The summed E-state index contributed by atoms with van der Waals surface area (Å²) in [5.41, 5.74) is 2.19. The minimum absolute atomic E-state index is 0.124. The van der Waals surface area contributed by atoms with E-state index in [0.717, 1.165) is 36.8 Å². The van der Waals surface area contributed by atoms with Gasteiger partial charge in [0.05, 0.1) is 23.1 Å². The van der Waals surface area contributed by atoms with Crippen molar-refractivity contribution in [3.8, 4) is 0 Å². The SMILES string of the molecule is CC(=O)OC1=C2C(=CC(OCc3ccccc3)C(OCc3ccccc3)=C2Cl)O[C@@]2(C)CC[C@H]3C(C)(C)CCC[C@]3(C)[C@@H]12. The summed E-state index contributed by atoms with van der Waals surface area (Å²) in [6, 6.07) is 20.0. The van der Waals surface area contributed by atoms with Crippen molar-refractivity contribution < 1.29 is 23.7 Å². The maximum Gasteiger partial charge on any atom is 0.307 e. The minimum atomic E-state index is -0.575. The fourth-order valence-electron chi connectivity index (χ4n) is 8.58. The molecule has 6 heteroatoms. The Morgan fingerprint density at radius 2 is 1.56 bits per heavy atom. The molecule has 6 rings (SSSR count). The molecule has 0 amide bonds. The largest absolute Gasteiger partial charge is 0.489 e. The van der Waals surface area contributed by atoms with Crippen molar-refractivity contribution in [1.29, 1.82) is 0 Å². The number of rotatable bonds is 7. The van der Waals surface area contributed by atoms with E-state index in [1.165, 1.54) is 13.3 Å². The molecule has 3 aliphatic carbocycles. The molecule has 4 aliphatic rings. The van der Waals surface area contributed by atoms with Gasteiger partial charge in [-0.25, -0.2) is 0 Å². The maximum absolute atomic E-state index is 12.7. The normalized spacial score (nSPS) is 31.2. The summed E-state index contributed by atoms with van der Waals surface area (Å²) in [5, 5.41) is 0.380. The van der Waals surface area contributed by atoms with Gasteiger partial charge in [-0.15, -0.1) is 0 Å². The van der Waals surface area contributed by atoms with E-state index >= 15 is 0 Å². The second kappa shape index (κ2) is 11.5. The highest BCUT2D eigenvalue weighted by Gasteiger charge is 2.64. The van der Waals surface area contributed by atoms with Crippen molar-refractivity contribution in [2.75, 3.05) is 0 Å². The molecule has 0 N–H and O–H groups in total. The zero-order valence-electron chi connectivity index (χ0n) is 26.0. The quantitative estimate of drug-likeness (QED) is 0.296. The van der Waals surface area contributed by atoms with E-state index in [1.54, 1.807) is 0 Å². The summed E-state index contributed by atoms with van der Waals surface area (Å²) < 4.78 is 26.1. The summed E-state index contributed by atoms with van der Waals surface area (Å²) in [7, 11) is 0. The minimum Gasteiger partial charge on any atom is -0.489 e. The van der Waals surface area contributed by atoms with E-state index in [0.29, 0.717) is 47.0 Å². The van der Waals surface area contributed by atoms with Crippen molar-refractivity contribution in [2.24, 2.45) is 22.7 Å². The average molecular weight is 603 g/mol. The summed E-state index contributed by atoms with van der Waals surface area (Å²) in [6.45, 7) is 11.5. The van der Waals surface area contributed by atoms with Crippen LogP contribution >= 0.6 is 11.6 Å². The van der Waals surface area contributed by atoms with Gasteiger partial charge in [-0.05, 0) is 66.6 Å². The van der Waals surface area contributed by atoms with Crippen molar-refractivity contribution in [3.05, 3.63) is 106 Å². The first-order chi connectivity index (χ1) is 20.5. The van der Waals surface area contributed by atoms with Crippen molar-refractivity contribution in [3.63, 3.8) is 0 Å². The Bertz CT molecular complexity index is 1460. The van der Waals surface area contributed by atoms with Crippen LogP contribution in [-0.2, 0) is 37.0 Å². The highest BCUT2D eigenvalue weighted by atomic mass is 35.5. The molecule has 2 fully saturated rings. The lowest BCUT2D eigenvalue weighted by Gasteiger charge is -2.63. The zero-order chi connectivity index (χ0) is 30.4. The van der Waals surface area contributed by atoms with Crippen LogP contribution in [0.25, 0.3) is 0 Å². The van der Waals surface area contributed by atoms with Crippen LogP contribution in [0.3, 0.4) is 0 Å². The molecule has 1 unspecified atom stereocenters. The molecule has 5 nitrogen and oxygen atoms in total. The lowest BCUT2D eigenvalue weighted by molar-refractivity contribution is -0.184. The van der Waals surface area contributed by atoms with Gasteiger partial charge >= 0.3 is 5.97 Å². The summed E-state index contributed by atoms with van der Waals surface area (Å²) in [5.74, 6) is 1.69. The molecular weight excluding hydrogens is 560 g/mol. The number of ether oxygens (including phenoxy) is 4. The molecule has 43 heavy (non-hydrogen) atoms. The standard InChI is InChI=1S/C37H43ClO5/c1-24(39)42-33-30-27(43-37(5)20-17-29-35(2,3)18-12-19-36(29,4)34(33)37)21-28(40-22-25-13-8-6-9-14-25)32(31(30)38)41-23-26-15-10-7-11-16-26/h6-11,13-16,21,28-29,34H,12,17-20,22-23H2,1-5H3/t28?,29-,34+,36-,37-/m0/s1. The number of hydrogen-bond donors (Lipinski definition) is 0. The Morgan fingerprint density at radius 1 is 0.907 bits per heavy atom. The summed E-state index contributed by atoms with van der Waals surface area (Å²) >= 11 is 7.33. The lowest BCUT2D eigenvalue weighted by atomic mass is 9.45. The van der Waals surface area contributed by atoms with Crippen LogP contribution in [0.2, 0.25) is 0 Å². The van der Waals surface area contributed by atoms with Gasteiger partial charge in [0.15, 0.2) is 0 Å². The van der Waals surface area contributed by atoms with Crippen LogP contribution < -0.4 is 0 Å². The molecule has 1 aliphatic heterocycles. The first-order valence-corrected chi connectivity index (χ1v) is 16.0. The second-order valence-electron chi connectivity index (χ2n) is 13.8. The Morgan fingerprint density at radius 3 is 2.21 bits per heavy atom. The molecule has 0 bridgehead atoms. The molecule has 2 aromatic rings. The van der Waals surface area contributed by atoms with Gasteiger partial charge in [0.2, 0.25) is 0 Å². The molecule has 0 radical (unpaired) electrons. The fraction of sp³-hybridized carbons (Fsp3) is 0.486. The van der Waals surface area contributed by atoms with Crippen LogP contribution in [0.1, 0.15) is 77.8 Å². The highest BCUT2D eigenvalue weighted by Crippen LogP contribution is 2.67. The molecule has 0 aromatic heterocycles. The third kappa shape index (κ3) is 5.55. The molecule has 2 aromatic carbocycles. The number of esters is 1. The van der Waals surface area contributed by atoms with Crippen LogP contribution in [0.4, 0.5) is 0 Å². The molecule has 5 atom stereocenters. The van der Waals surface area contributed by atoms with Gasteiger partial charge in [-0.1, -0.05) is 99.5 Å².